The Labute approximate surface area is 191 Å². The summed E-state index contributed by atoms with van der Waals surface area (Å²) in [6, 6.07) is 10.8. The molecular weight excluding hydrogens is 434 g/mol. The highest BCUT2D eigenvalue weighted by atomic mass is 35.5. The van der Waals surface area contributed by atoms with Gasteiger partial charge < -0.3 is 24.2 Å². The number of rotatable bonds is 6. The molecule has 0 saturated carbocycles. The van der Waals surface area contributed by atoms with Crippen molar-refractivity contribution < 1.29 is 28.9 Å². The Hall–Kier alpha value is -3.03. The molecule has 7 nitrogen and oxygen atoms in total. The molecule has 0 unspecified atom stereocenters. The van der Waals surface area contributed by atoms with Gasteiger partial charge in [0.2, 0.25) is 0 Å². The lowest BCUT2D eigenvalue weighted by molar-refractivity contribution is -0.140. The maximum atomic E-state index is 13.1. The number of hydrogen-bond donors (Lipinski definition) is 1. The van der Waals surface area contributed by atoms with E-state index in [9.17, 15) is 14.7 Å². The summed E-state index contributed by atoms with van der Waals surface area (Å²) in [5, 5.41) is 11.6. The molecule has 2 aromatic rings. The summed E-state index contributed by atoms with van der Waals surface area (Å²) in [7, 11) is 3.04. The molecule has 0 spiro atoms. The van der Waals surface area contributed by atoms with Crippen LogP contribution in [-0.4, -0.2) is 55.2 Å². The second kappa shape index (κ2) is 9.22. The Balaban J connectivity index is 1.85. The van der Waals surface area contributed by atoms with Crippen molar-refractivity contribution in [1.82, 2.24) is 4.90 Å². The maximum absolute atomic E-state index is 13.1. The van der Waals surface area contributed by atoms with Gasteiger partial charge >= 0.3 is 0 Å². The van der Waals surface area contributed by atoms with E-state index in [0.717, 1.165) is 12.8 Å². The molecule has 2 aliphatic heterocycles. The predicted molar refractivity (Wildman–Crippen MR) is 119 cm³/mol. The molecular formula is C24H24ClNO6. The van der Waals surface area contributed by atoms with Gasteiger partial charge in [0.15, 0.2) is 11.5 Å². The third-order valence-electron chi connectivity index (χ3n) is 5.81. The molecule has 0 bridgehead atoms. The van der Waals surface area contributed by atoms with Crippen LogP contribution in [0, 0.1) is 0 Å². The Bertz CT molecular complexity index is 1060. The van der Waals surface area contributed by atoms with Gasteiger partial charge in [-0.25, -0.2) is 0 Å². The normalized spacial score (nSPS) is 22.4. The van der Waals surface area contributed by atoms with Gasteiger partial charge in [-0.2, -0.15) is 0 Å². The first-order valence-corrected chi connectivity index (χ1v) is 10.7. The van der Waals surface area contributed by atoms with E-state index in [1.807, 2.05) is 0 Å². The number of ether oxygens (including phenoxy) is 3. The van der Waals surface area contributed by atoms with Gasteiger partial charge in [0.25, 0.3) is 11.7 Å². The summed E-state index contributed by atoms with van der Waals surface area (Å²) in [5.41, 5.74) is 1.04. The van der Waals surface area contributed by atoms with Gasteiger partial charge in [0, 0.05) is 23.7 Å². The number of carbonyl (C=O) groups excluding carboxylic acids is 2. The zero-order valence-electron chi connectivity index (χ0n) is 17.8. The Kier molecular flexibility index (Phi) is 6.39. The molecule has 8 heteroatoms. The van der Waals surface area contributed by atoms with E-state index in [1.165, 1.54) is 19.1 Å². The monoisotopic (exact) mass is 457 g/mol. The molecule has 32 heavy (non-hydrogen) atoms. The van der Waals surface area contributed by atoms with Crippen LogP contribution >= 0.6 is 11.6 Å². The van der Waals surface area contributed by atoms with Crippen LogP contribution in [0.2, 0.25) is 5.02 Å². The zero-order valence-corrected chi connectivity index (χ0v) is 18.6. The molecule has 2 heterocycles. The number of methoxy groups -OCH3 is 2. The van der Waals surface area contributed by atoms with Crippen LogP contribution in [0.15, 0.2) is 48.0 Å². The number of benzene rings is 2. The number of aliphatic hydroxyl groups excluding tert-OH is 1. The number of halogens is 1. The van der Waals surface area contributed by atoms with Crippen molar-refractivity contribution in [1.29, 1.82) is 0 Å². The van der Waals surface area contributed by atoms with Crippen molar-refractivity contribution in [3.63, 3.8) is 0 Å². The number of carbonyl (C=O) groups is 2. The van der Waals surface area contributed by atoms with Crippen LogP contribution in [0.1, 0.15) is 30.0 Å². The van der Waals surface area contributed by atoms with Crippen LogP contribution in [0.4, 0.5) is 0 Å². The average molecular weight is 458 g/mol. The van der Waals surface area contributed by atoms with Gasteiger partial charge in [-0.05, 0) is 54.8 Å². The minimum absolute atomic E-state index is 0.0162. The van der Waals surface area contributed by atoms with E-state index < -0.39 is 17.7 Å². The predicted octanol–water partition coefficient (Wildman–Crippen LogP) is 3.96. The summed E-state index contributed by atoms with van der Waals surface area (Å²) in [6.07, 6.45) is 1.55. The van der Waals surface area contributed by atoms with E-state index in [0.29, 0.717) is 34.3 Å². The van der Waals surface area contributed by atoms with Crippen molar-refractivity contribution in [2.45, 2.75) is 25.0 Å². The lowest BCUT2D eigenvalue weighted by Crippen LogP contribution is -2.36. The SMILES string of the molecule is COc1ccc([C@@H]2C(=C(O)c3ccc(Cl)cc3)C(=O)C(=O)N2C[C@H]2CCCO2)cc1OC. The fourth-order valence-electron chi connectivity index (χ4n) is 4.21. The minimum atomic E-state index is -0.797. The van der Waals surface area contributed by atoms with Crippen LogP contribution in [0.25, 0.3) is 5.76 Å². The van der Waals surface area contributed by atoms with Gasteiger partial charge in [-0.15, -0.1) is 0 Å². The second-order valence-electron chi connectivity index (χ2n) is 7.71. The van der Waals surface area contributed by atoms with Crippen molar-refractivity contribution in [3.8, 4) is 11.5 Å². The van der Waals surface area contributed by atoms with Gasteiger partial charge in [0.05, 0.1) is 31.9 Å². The Morgan fingerprint density at radius 1 is 1.12 bits per heavy atom. The molecule has 168 valence electrons. The maximum Gasteiger partial charge on any atom is 0.295 e. The third kappa shape index (κ3) is 4.06. The summed E-state index contributed by atoms with van der Waals surface area (Å²) in [6.45, 7) is 0.876. The highest BCUT2D eigenvalue weighted by Crippen LogP contribution is 2.42. The molecule has 4 rings (SSSR count). The number of amides is 1. The van der Waals surface area contributed by atoms with E-state index >= 15 is 0 Å². The standard InChI is InChI=1S/C24H24ClNO6/c1-30-18-10-7-15(12-19(18)31-2)21-20(22(27)14-5-8-16(25)9-6-14)23(28)24(29)26(21)13-17-4-3-11-32-17/h5-10,12,17,21,27H,3-4,11,13H2,1-2H3/t17-,21-/m1/s1. The quantitative estimate of drug-likeness (QED) is 0.401. The van der Waals surface area contributed by atoms with E-state index in [4.69, 9.17) is 25.8 Å². The smallest absolute Gasteiger partial charge is 0.295 e. The summed E-state index contributed by atoms with van der Waals surface area (Å²) in [4.78, 5) is 27.6. The highest BCUT2D eigenvalue weighted by molar-refractivity contribution is 6.46. The van der Waals surface area contributed by atoms with Gasteiger partial charge in [-0.1, -0.05) is 17.7 Å². The van der Waals surface area contributed by atoms with E-state index in [1.54, 1.807) is 42.5 Å². The van der Waals surface area contributed by atoms with Crippen molar-refractivity contribution in [2.75, 3.05) is 27.4 Å². The average Bonchev–Trinajstić information content (AvgIpc) is 3.41. The first kappa shape index (κ1) is 22.2. The topological polar surface area (TPSA) is 85.3 Å². The molecule has 2 aromatic carbocycles. The summed E-state index contributed by atoms with van der Waals surface area (Å²) in [5.74, 6) is -0.690. The number of hydrogen-bond acceptors (Lipinski definition) is 6. The number of ketones is 1. The molecule has 0 radical (unpaired) electrons. The van der Waals surface area contributed by atoms with E-state index in [-0.39, 0.29) is 24.0 Å². The molecule has 0 aromatic heterocycles. The number of nitrogens with zero attached hydrogens (tertiary/aromatic N) is 1. The lowest BCUT2D eigenvalue weighted by Gasteiger charge is -2.28. The van der Waals surface area contributed by atoms with Crippen LogP contribution in [0.3, 0.4) is 0 Å². The third-order valence-corrected chi connectivity index (χ3v) is 6.06. The molecule has 2 saturated heterocycles. The molecule has 2 aliphatic rings. The summed E-state index contributed by atoms with van der Waals surface area (Å²) < 4.78 is 16.5. The molecule has 1 N–H and O–H groups in total. The van der Waals surface area contributed by atoms with Crippen molar-refractivity contribution in [3.05, 3.63) is 64.2 Å². The Morgan fingerprint density at radius 2 is 1.84 bits per heavy atom. The molecule has 0 aliphatic carbocycles. The fraction of sp³-hybridized carbons (Fsp3) is 0.333. The lowest BCUT2D eigenvalue weighted by atomic mass is 9.95. The number of aliphatic hydroxyl groups is 1. The van der Waals surface area contributed by atoms with Crippen molar-refractivity contribution >= 4 is 29.1 Å². The molecule has 1 amide bonds. The van der Waals surface area contributed by atoms with Crippen LogP contribution in [-0.2, 0) is 14.3 Å². The Morgan fingerprint density at radius 3 is 2.47 bits per heavy atom. The zero-order chi connectivity index (χ0) is 22.8. The van der Waals surface area contributed by atoms with Crippen LogP contribution in [0.5, 0.6) is 11.5 Å². The fourth-order valence-corrected chi connectivity index (χ4v) is 4.33. The molecule has 2 fully saturated rings. The second-order valence-corrected chi connectivity index (χ2v) is 8.14. The van der Waals surface area contributed by atoms with Crippen molar-refractivity contribution in [2.24, 2.45) is 0 Å². The van der Waals surface area contributed by atoms with Crippen LogP contribution < -0.4 is 9.47 Å². The minimum Gasteiger partial charge on any atom is -0.507 e. The number of likely N-dealkylation sites (tertiary alicyclic amines) is 1. The summed E-state index contributed by atoms with van der Waals surface area (Å²) >= 11 is 5.97. The first-order valence-electron chi connectivity index (χ1n) is 10.3. The van der Waals surface area contributed by atoms with Gasteiger partial charge in [0.1, 0.15) is 5.76 Å². The van der Waals surface area contributed by atoms with Gasteiger partial charge in [-0.3, -0.25) is 9.59 Å². The largest absolute Gasteiger partial charge is 0.507 e. The highest BCUT2D eigenvalue weighted by Gasteiger charge is 2.47. The van der Waals surface area contributed by atoms with E-state index in [2.05, 4.69) is 0 Å². The number of Topliss-reactive ketones (excluding diaryl/α,β-unsaturated/α-hetero) is 1. The first-order chi connectivity index (χ1) is 15.4. The molecule has 2 atom stereocenters.